The highest BCUT2D eigenvalue weighted by atomic mass is 35.5. The van der Waals surface area contributed by atoms with Gasteiger partial charge in [-0.2, -0.15) is 4.31 Å². The van der Waals surface area contributed by atoms with Gasteiger partial charge in [0.25, 0.3) is 0 Å². The molecule has 5 nitrogen and oxygen atoms in total. The number of carbonyl (C=O) groups excluding carboxylic acids is 1. The molecular formula is C20H22ClNO4S. The van der Waals surface area contributed by atoms with Crippen LogP contribution in [-0.4, -0.2) is 31.8 Å². The zero-order valence-electron chi connectivity index (χ0n) is 15.3. The molecule has 2 aromatic carbocycles. The first kappa shape index (κ1) is 19.9. The highest BCUT2D eigenvalue weighted by Gasteiger charge is 2.33. The van der Waals surface area contributed by atoms with Gasteiger partial charge in [-0.15, -0.1) is 0 Å². The average Bonchev–Trinajstić information content (AvgIpc) is 2.65. The van der Waals surface area contributed by atoms with Gasteiger partial charge in [0.2, 0.25) is 10.0 Å². The number of sulfonamides is 1. The van der Waals surface area contributed by atoms with E-state index in [4.69, 9.17) is 16.3 Å². The van der Waals surface area contributed by atoms with Crippen molar-refractivity contribution >= 4 is 27.6 Å². The number of ether oxygens (including phenoxy) is 1. The van der Waals surface area contributed by atoms with Gasteiger partial charge in [0.1, 0.15) is 5.75 Å². The summed E-state index contributed by atoms with van der Waals surface area (Å²) in [7, 11) is -3.58. The lowest BCUT2D eigenvalue weighted by molar-refractivity contribution is -0.140. The van der Waals surface area contributed by atoms with E-state index in [1.54, 1.807) is 12.1 Å². The van der Waals surface area contributed by atoms with Crippen molar-refractivity contribution in [3.05, 3.63) is 58.6 Å². The van der Waals surface area contributed by atoms with Crippen molar-refractivity contribution in [1.82, 2.24) is 4.31 Å². The summed E-state index contributed by atoms with van der Waals surface area (Å²) in [5.41, 5.74) is 1.82. The monoisotopic (exact) mass is 407 g/mol. The fourth-order valence-electron chi connectivity index (χ4n) is 3.23. The first-order valence-corrected chi connectivity index (χ1v) is 10.6. The molecule has 0 amide bonds. The quantitative estimate of drug-likeness (QED) is 0.568. The second kappa shape index (κ2) is 8.00. The molecule has 27 heavy (non-hydrogen) atoms. The molecule has 144 valence electrons. The SMILES string of the molecule is Cc1cccc(C)c1OC(=O)C1CCN(S(=O)(=O)c2ccc(Cl)cc2)CC1. The normalized spacial score (nSPS) is 16.3. The van der Waals surface area contributed by atoms with E-state index < -0.39 is 10.0 Å². The molecular weight excluding hydrogens is 386 g/mol. The Kier molecular flexibility index (Phi) is 5.89. The van der Waals surface area contributed by atoms with Gasteiger partial charge in [0, 0.05) is 18.1 Å². The van der Waals surface area contributed by atoms with Gasteiger partial charge in [-0.05, 0) is 62.1 Å². The lowest BCUT2D eigenvalue weighted by Crippen LogP contribution is -2.41. The first-order chi connectivity index (χ1) is 12.8. The first-order valence-electron chi connectivity index (χ1n) is 8.82. The van der Waals surface area contributed by atoms with Gasteiger partial charge in [0.15, 0.2) is 0 Å². The van der Waals surface area contributed by atoms with Gasteiger partial charge in [-0.1, -0.05) is 29.8 Å². The number of piperidine rings is 1. The van der Waals surface area contributed by atoms with E-state index in [0.717, 1.165) is 11.1 Å². The minimum Gasteiger partial charge on any atom is -0.426 e. The van der Waals surface area contributed by atoms with Gasteiger partial charge in [-0.25, -0.2) is 8.42 Å². The van der Waals surface area contributed by atoms with Gasteiger partial charge < -0.3 is 4.74 Å². The van der Waals surface area contributed by atoms with Crippen LogP contribution in [0.5, 0.6) is 5.75 Å². The molecule has 0 radical (unpaired) electrons. The molecule has 1 saturated heterocycles. The number of hydrogen-bond donors (Lipinski definition) is 0. The van der Waals surface area contributed by atoms with Crippen LogP contribution >= 0.6 is 11.6 Å². The molecule has 7 heteroatoms. The van der Waals surface area contributed by atoms with Crippen molar-refractivity contribution in [3.63, 3.8) is 0 Å². The highest BCUT2D eigenvalue weighted by Crippen LogP contribution is 2.28. The topological polar surface area (TPSA) is 63.7 Å². The van der Waals surface area contributed by atoms with Crippen LogP contribution in [0.15, 0.2) is 47.4 Å². The summed E-state index contributed by atoms with van der Waals surface area (Å²) in [6.07, 6.45) is 0.882. The lowest BCUT2D eigenvalue weighted by Gasteiger charge is -2.30. The third kappa shape index (κ3) is 4.34. The van der Waals surface area contributed by atoms with Gasteiger partial charge in [-0.3, -0.25) is 4.79 Å². The molecule has 0 aliphatic carbocycles. The summed E-state index contributed by atoms with van der Waals surface area (Å²) in [5, 5.41) is 0.488. The molecule has 0 N–H and O–H groups in total. The summed E-state index contributed by atoms with van der Waals surface area (Å²) < 4.78 is 32.5. The number of aryl methyl sites for hydroxylation is 2. The van der Waals surface area contributed by atoms with E-state index in [2.05, 4.69) is 0 Å². The van der Waals surface area contributed by atoms with Crippen LogP contribution in [0.4, 0.5) is 0 Å². The molecule has 1 heterocycles. The molecule has 1 aliphatic rings. The van der Waals surface area contributed by atoms with Gasteiger partial charge >= 0.3 is 5.97 Å². The molecule has 0 bridgehead atoms. The number of carbonyl (C=O) groups is 1. The molecule has 1 aliphatic heterocycles. The molecule has 3 rings (SSSR count). The number of esters is 1. The third-order valence-corrected chi connectivity index (χ3v) is 7.01. The number of nitrogens with zero attached hydrogens (tertiary/aromatic N) is 1. The Morgan fingerprint density at radius 1 is 1.04 bits per heavy atom. The Morgan fingerprint density at radius 2 is 1.59 bits per heavy atom. The Balaban J connectivity index is 1.64. The van der Waals surface area contributed by atoms with Crippen LogP contribution in [0.3, 0.4) is 0 Å². The van der Waals surface area contributed by atoms with E-state index in [0.29, 0.717) is 23.6 Å². The Morgan fingerprint density at radius 3 is 2.15 bits per heavy atom. The van der Waals surface area contributed by atoms with Crippen LogP contribution in [0, 0.1) is 19.8 Å². The number of rotatable bonds is 4. The average molecular weight is 408 g/mol. The Bertz CT molecular complexity index is 913. The number of halogens is 1. The van der Waals surface area contributed by atoms with Gasteiger partial charge in [0.05, 0.1) is 10.8 Å². The molecule has 0 unspecified atom stereocenters. The molecule has 0 saturated carbocycles. The minimum atomic E-state index is -3.58. The van der Waals surface area contributed by atoms with Crippen LogP contribution < -0.4 is 4.74 Å². The van der Waals surface area contributed by atoms with Crippen LogP contribution in [0.2, 0.25) is 5.02 Å². The summed E-state index contributed by atoms with van der Waals surface area (Å²) in [6.45, 7) is 4.38. The Hall–Kier alpha value is -1.89. The van der Waals surface area contributed by atoms with Crippen molar-refractivity contribution in [2.75, 3.05) is 13.1 Å². The third-order valence-electron chi connectivity index (χ3n) is 4.85. The molecule has 0 atom stereocenters. The van der Waals surface area contributed by atoms with Crippen molar-refractivity contribution in [2.45, 2.75) is 31.6 Å². The zero-order valence-corrected chi connectivity index (χ0v) is 16.9. The standard InChI is InChI=1S/C20H22ClNO4S/c1-14-4-3-5-15(2)19(14)26-20(23)16-10-12-22(13-11-16)27(24,25)18-8-6-17(21)7-9-18/h3-9,16H,10-13H2,1-2H3. The van der Waals surface area contributed by atoms with E-state index in [9.17, 15) is 13.2 Å². The molecule has 2 aromatic rings. The summed E-state index contributed by atoms with van der Waals surface area (Å²) in [6, 6.07) is 11.8. The Labute approximate surface area is 165 Å². The summed E-state index contributed by atoms with van der Waals surface area (Å²) in [5.74, 6) is -0.00432. The van der Waals surface area contributed by atoms with Crippen LogP contribution in [0.25, 0.3) is 0 Å². The molecule has 0 aromatic heterocycles. The van der Waals surface area contributed by atoms with E-state index >= 15 is 0 Å². The van der Waals surface area contributed by atoms with Crippen LogP contribution in [-0.2, 0) is 14.8 Å². The summed E-state index contributed by atoms with van der Waals surface area (Å²) >= 11 is 5.83. The van der Waals surface area contributed by atoms with Crippen molar-refractivity contribution < 1.29 is 17.9 Å². The zero-order chi connectivity index (χ0) is 19.6. The van der Waals surface area contributed by atoms with E-state index in [1.165, 1.54) is 16.4 Å². The summed E-state index contributed by atoms with van der Waals surface area (Å²) in [4.78, 5) is 12.7. The lowest BCUT2D eigenvalue weighted by atomic mass is 9.98. The smallest absolute Gasteiger partial charge is 0.314 e. The maximum Gasteiger partial charge on any atom is 0.314 e. The molecule has 1 fully saturated rings. The number of hydrogen-bond acceptors (Lipinski definition) is 4. The van der Waals surface area contributed by atoms with Crippen molar-refractivity contribution in [2.24, 2.45) is 5.92 Å². The molecule has 0 spiro atoms. The maximum atomic E-state index is 12.7. The highest BCUT2D eigenvalue weighted by molar-refractivity contribution is 7.89. The van der Waals surface area contributed by atoms with Crippen molar-refractivity contribution in [1.29, 1.82) is 0 Å². The number of para-hydroxylation sites is 1. The van der Waals surface area contributed by atoms with E-state index in [1.807, 2.05) is 32.0 Å². The van der Waals surface area contributed by atoms with Crippen molar-refractivity contribution in [3.8, 4) is 5.75 Å². The van der Waals surface area contributed by atoms with Crippen LogP contribution in [0.1, 0.15) is 24.0 Å². The largest absolute Gasteiger partial charge is 0.426 e. The van der Waals surface area contributed by atoms with E-state index in [-0.39, 0.29) is 29.9 Å². The minimum absolute atomic E-state index is 0.212. The fourth-order valence-corrected chi connectivity index (χ4v) is 4.83. The fraction of sp³-hybridized carbons (Fsp3) is 0.350. The number of benzene rings is 2. The second-order valence-electron chi connectivity index (χ2n) is 6.77. The second-order valence-corrected chi connectivity index (χ2v) is 9.15. The predicted molar refractivity (Wildman–Crippen MR) is 104 cm³/mol. The maximum absolute atomic E-state index is 12.7. The predicted octanol–water partition coefficient (Wildman–Crippen LogP) is 3.96.